The van der Waals surface area contributed by atoms with E-state index in [1.165, 1.54) is 45.8 Å². The Morgan fingerprint density at radius 2 is 1.28 bits per heavy atom. The zero-order valence-corrected chi connectivity index (χ0v) is 23.9. The average Bonchev–Trinajstić information content (AvgIpc) is 3.45. The molecule has 0 aliphatic rings. The fourth-order valence-electron chi connectivity index (χ4n) is 5.01. The number of unbranched alkanes of at least 4 members (excludes halogenated alkanes) is 1. The van der Waals surface area contributed by atoms with Gasteiger partial charge in [0.25, 0.3) is 0 Å². The maximum atomic E-state index is 4.76. The van der Waals surface area contributed by atoms with Gasteiger partial charge in [-0.25, -0.2) is 0 Å². The Balaban J connectivity index is 1.20. The first-order valence-electron chi connectivity index (χ1n) is 14.0. The van der Waals surface area contributed by atoms with Crippen LogP contribution in [0.3, 0.4) is 0 Å². The van der Waals surface area contributed by atoms with Gasteiger partial charge in [-0.3, -0.25) is 4.98 Å². The van der Waals surface area contributed by atoms with Crippen molar-refractivity contribution < 1.29 is 0 Å². The van der Waals surface area contributed by atoms with Crippen molar-refractivity contribution in [3.8, 4) is 0 Å². The van der Waals surface area contributed by atoms with E-state index in [-0.39, 0.29) is 9.52 Å². The molecular formula is C35H35BN2Si. The van der Waals surface area contributed by atoms with Gasteiger partial charge >= 0.3 is 0 Å². The normalized spacial score (nSPS) is 11.5. The molecule has 0 spiro atoms. The van der Waals surface area contributed by atoms with Crippen LogP contribution in [0.25, 0.3) is 17.1 Å². The van der Waals surface area contributed by atoms with Crippen LogP contribution in [0, 0.1) is 0 Å². The maximum Gasteiger partial charge on any atom is 0.239 e. The summed E-state index contributed by atoms with van der Waals surface area (Å²) in [5, 5.41) is 0. The number of aromatic nitrogens is 2. The first-order chi connectivity index (χ1) is 19.4. The Morgan fingerprint density at radius 1 is 0.718 bits per heavy atom. The molecule has 4 heteroatoms. The zero-order valence-electron chi connectivity index (χ0n) is 22.5. The molecule has 1 heterocycles. The summed E-state index contributed by atoms with van der Waals surface area (Å²) in [6, 6.07) is 44.1. The van der Waals surface area contributed by atoms with Gasteiger partial charge < -0.3 is 4.57 Å². The van der Waals surface area contributed by atoms with E-state index >= 15 is 0 Å². The van der Waals surface area contributed by atoms with Crippen molar-refractivity contribution in [2.24, 2.45) is 0 Å². The smallest absolute Gasteiger partial charge is 0.239 e. The molecule has 0 aliphatic carbocycles. The second-order valence-electron chi connectivity index (χ2n) is 9.86. The number of imidazole rings is 1. The molecule has 0 saturated heterocycles. The van der Waals surface area contributed by atoms with Crippen LogP contribution >= 0.6 is 0 Å². The van der Waals surface area contributed by atoms with E-state index in [1.54, 1.807) is 0 Å². The summed E-state index contributed by atoms with van der Waals surface area (Å²) in [5.41, 5.74) is 8.87. The number of nitrogens with zero attached hydrogens (tertiary/aromatic N) is 2. The molecule has 0 N–H and O–H groups in total. The van der Waals surface area contributed by atoms with Crippen LogP contribution in [-0.4, -0.2) is 26.4 Å². The predicted molar refractivity (Wildman–Crippen MR) is 172 cm³/mol. The summed E-state index contributed by atoms with van der Waals surface area (Å²) in [6.45, 7) is 0. The van der Waals surface area contributed by atoms with Crippen LogP contribution in [0.4, 0.5) is 0 Å². The number of rotatable bonds is 12. The summed E-state index contributed by atoms with van der Waals surface area (Å²) < 4.78 is 2.39. The second kappa shape index (κ2) is 14.1. The SMILES string of the molecule is B(C(=Cc1ccccc1)c1ccccc1)c1nccn1C[SiH2]CCCC=C(c1ccccc1)c1ccccc1. The van der Waals surface area contributed by atoms with Gasteiger partial charge in [-0.15, -0.1) is 0 Å². The van der Waals surface area contributed by atoms with Gasteiger partial charge in [-0.05, 0) is 34.2 Å². The summed E-state index contributed by atoms with van der Waals surface area (Å²) >= 11 is 0. The van der Waals surface area contributed by atoms with Crippen molar-refractivity contribution in [2.45, 2.75) is 25.1 Å². The molecule has 0 amide bonds. The minimum atomic E-state index is -0.229. The molecule has 192 valence electrons. The van der Waals surface area contributed by atoms with Crippen molar-refractivity contribution in [1.82, 2.24) is 9.55 Å². The lowest BCUT2D eigenvalue weighted by Gasteiger charge is -2.11. The van der Waals surface area contributed by atoms with E-state index in [0.29, 0.717) is 0 Å². The van der Waals surface area contributed by atoms with Gasteiger partial charge in [-0.2, -0.15) is 0 Å². The van der Waals surface area contributed by atoms with E-state index in [1.807, 2.05) is 6.20 Å². The molecule has 4 aromatic carbocycles. The lowest BCUT2D eigenvalue weighted by Crippen LogP contribution is -2.29. The molecule has 5 rings (SSSR count). The second-order valence-corrected chi connectivity index (χ2v) is 11.7. The van der Waals surface area contributed by atoms with Gasteiger partial charge in [0, 0.05) is 28.1 Å². The quantitative estimate of drug-likeness (QED) is 0.103. The molecular weight excluding hydrogens is 487 g/mol. The van der Waals surface area contributed by atoms with E-state index in [2.05, 4.69) is 144 Å². The molecule has 39 heavy (non-hydrogen) atoms. The van der Waals surface area contributed by atoms with Crippen molar-refractivity contribution in [3.63, 3.8) is 0 Å². The van der Waals surface area contributed by atoms with E-state index in [4.69, 9.17) is 4.98 Å². The fraction of sp³-hybridized carbons (Fsp3) is 0.114. The molecule has 0 radical (unpaired) electrons. The largest absolute Gasteiger partial charge is 0.346 e. The molecule has 5 aromatic rings. The minimum absolute atomic E-state index is 0.229. The Hall–Kier alpha value is -4.15. The number of hydrogen-bond donors (Lipinski definition) is 0. The van der Waals surface area contributed by atoms with Crippen LogP contribution in [0.2, 0.25) is 6.04 Å². The van der Waals surface area contributed by atoms with E-state index < -0.39 is 0 Å². The molecule has 0 aliphatic heterocycles. The fourth-order valence-corrected chi connectivity index (χ4v) is 6.62. The highest BCUT2D eigenvalue weighted by atomic mass is 28.2. The van der Waals surface area contributed by atoms with Gasteiger partial charge in [0.1, 0.15) is 0 Å². The Labute approximate surface area is 235 Å². The summed E-state index contributed by atoms with van der Waals surface area (Å²) in [7, 11) is 0.605. The van der Waals surface area contributed by atoms with Crippen molar-refractivity contribution in [2.75, 3.05) is 0 Å². The third-order valence-electron chi connectivity index (χ3n) is 7.06. The Bertz CT molecular complexity index is 1440. The van der Waals surface area contributed by atoms with E-state index in [9.17, 15) is 0 Å². The number of allylic oxidation sites excluding steroid dienone is 1. The minimum Gasteiger partial charge on any atom is -0.346 e. The van der Waals surface area contributed by atoms with Gasteiger partial charge in [0.2, 0.25) is 7.28 Å². The maximum absolute atomic E-state index is 4.76. The predicted octanol–water partition coefficient (Wildman–Crippen LogP) is 6.60. The molecule has 1 aromatic heterocycles. The zero-order chi connectivity index (χ0) is 26.5. The molecule has 0 bridgehead atoms. The van der Waals surface area contributed by atoms with Crippen molar-refractivity contribution >= 4 is 39.6 Å². The van der Waals surface area contributed by atoms with Gasteiger partial charge in [-0.1, -0.05) is 151 Å². The number of hydrogen-bond acceptors (Lipinski definition) is 1. The Kier molecular flexibility index (Phi) is 9.58. The molecule has 0 atom stereocenters. The summed E-state index contributed by atoms with van der Waals surface area (Å²) in [6.07, 6.45) is 12.3. The average molecular weight is 523 g/mol. The topological polar surface area (TPSA) is 17.8 Å². The molecule has 0 unspecified atom stereocenters. The van der Waals surface area contributed by atoms with Crippen molar-refractivity contribution in [1.29, 1.82) is 0 Å². The van der Waals surface area contributed by atoms with E-state index in [0.717, 1.165) is 25.6 Å². The first-order valence-corrected chi connectivity index (χ1v) is 16.0. The van der Waals surface area contributed by atoms with Crippen LogP contribution in [0.15, 0.2) is 140 Å². The highest BCUT2D eigenvalue weighted by Crippen LogP contribution is 2.24. The van der Waals surface area contributed by atoms with Crippen LogP contribution in [0.5, 0.6) is 0 Å². The van der Waals surface area contributed by atoms with Gasteiger partial charge in [0.15, 0.2) is 0 Å². The van der Waals surface area contributed by atoms with Crippen molar-refractivity contribution in [3.05, 3.63) is 162 Å². The van der Waals surface area contributed by atoms with Crippen LogP contribution in [-0.2, 0) is 6.17 Å². The monoisotopic (exact) mass is 522 g/mol. The summed E-state index contributed by atoms with van der Waals surface area (Å²) in [4.78, 5) is 4.76. The number of benzene rings is 4. The standard InChI is InChI=1S/C35H35BN2Si/c1-5-15-29(16-6-1)27-34(32-21-11-4-12-22-32)36-35-37-24-25-38(35)28-39-26-14-13-23-33(30-17-7-2-8-18-30)31-19-9-3-10-20-31/h1-12,15-25,27,36H,13-14,26,28,39H2. The highest BCUT2D eigenvalue weighted by molar-refractivity contribution is 6.73. The third kappa shape index (κ3) is 7.68. The summed E-state index contributed by atoms with van der Waals surface area (Å²) in [5.74, 6) is 0. The molecule has 0 saturated carbocycles. The van der Waals surface area contributed by atoms with Crippen LogP contribution < -0.4 is 5.72 Å². The lowest BCUT2D eigenvalue weighted by atomic mass is 9.65. The third-order valence-corrected chi connectivity index (χ3v) is 8.85. The highest BCUT2D eigenvalue weighted by Gasteiger charge is 2.11. The molecule has 0 fully saturated rings. The molecule has 2 nitrogen and oxygen atoms in total. The van der Waals surface area contributed by atoms with Gasteiger partial charge in [0.05, 0.1) is 5.72 Å². The lowest BCUT2D eigenvalue weighted by molar-refractivity contribution is 0.878. The first kappa shape index (κ1) is 26.5. The Morgan fingerprint density at radius 3 is 1.90 bits per heavy atom. The van der Waals surface area contributed by atoms with Crippen LogP contribution in [0.1, 0.15) is 35.1 Å².